The van der Waals surface area contributed by atoms with Gasteiger partial charge in [0.05, 0.1) is 18.1 Å². The highest BCUT2D eigenvalue weighted by Crippen LogP contribution is 2.18. The molecule has 0 fully saturated rings. The third-order valence-corrected chi connectivity index (χ3v) is 1.65. The number of hydrogen-bond acceptors (Lipinski definition) is 3. The Morgan fingerprint density at radius 2 is 1.85 bits per heavy atom. The van der Waals surface area contributed by atoms with Gasteiger partial charge in [0.25, 0.3) is 0 Å². The molecule has 0 aliphatic rings. The van der Waals surface area contributed by atoms with Crippen LogP contribution >= 0.6 is 0 Å². The first-order valence-corrected chi connectivity index (χ1v) is 4.55. The molecule has 0 saturated carbocycles. The van der Waals surface area contributed by atoms with Gasteiger partial charge in [0.1, 0.15) is 0 Å². The molecular weight excluding hydrogens is 164 g/mol. The van der Waals surface area contributed by atoms with Crippen LogP contribution in [0.15, 0.2) is 0 Å². The first-order valence-electron chi connectivity index (χ1n) is 4.55. The van der Waals surface area contributed by atoms with Crippen molar-refractivity contribution in [2.45, 2.75) is 39.7 Å². The van der Waals surface area contributed by atoms with Crippen LogP contribution in [0.1, 0.15) is 34.1 Å². The summed E-state index contributed by atoms with van der Waals surface area (Å²) in [7, 11) is 0. The third-order valence-electron chi connectivity index (χ3n) is 1.65. The van der Waals surface area contributed by atoms with Crippen molar-refractivity contribution in [3.8, 4) is 6.07 Å². The largest absolute Gasteiger partial charge is 0.380 e. The predicted molar refractivity (Wildman–Crippen MR) is 53.1 cm³/mol. The molecule has 0 rings (SSSR count). The van der Waals surface area contributed by atoms with Gasteiger partial charge in [0.2, 0.25) is 0 Å². The van der Waals surface area contributed by atoms with Gasteiger partial charge in [-0.3, -0.25) is 0 Å². The van der Waals surface area contributed by atoms with Crippen LogP contribution in [0.5, 0.6) is 0 Å². The first kappa shape index (κ1) is 12.4. The number of hydrogen-bond donors (Lipinski definition) is 1. The zero-order valence-corrected chi connectivity index (χ0v) is 9.05. The van der Waals surface area contributed by atoms with Crippen LogP contribution in [0, 0.1) is 16.7 Å². The van der Waals surface area contributed by atoms with E-state index in [0.29, 0.717) is 13.2 Å². The average molecular weight is 184 g/mol. The monoisotopic (exact) mass is 184 g/mol. The number of rotatable bonds is 5. The number of nitriles is 1. The molecule has 3 heteroatoms. The van der Waals surface area contributed by atoms with Crippen molar-refractivity contribution in [2.24, 2.45) is 11.1 Å². The molecule has 0 unspecified atom stereocenters. The molecule has 0 radical (unpaired) electrons. The summed E-state index contributed by atoms with van der Waals surface area (Å²) in [6.45, 7) is 8.79. The van der Waals surface area contributed by atoms with Crippen LogP contribution in [0.25, 0.3) is 0 Å². The standard InChI is InChI=1S/C10H20N2O/c1-9(2,7-11)5-6-13-8-10(3,4)12/h5-6,8,12H2,1-4H3. The molecule has 2 N–H and O–H groups in total. The minimum atomic E-state index is -0.293. The molecule has 0 aromatic rings. The maximum absolute atomic E-state index is 8.72. The molecule has 0 heterocycles. The Balaban J connectivity index is 3.54. The number of nitrogens with two attached hydrogens (primary N) is 1. The van der Waals surface area contributed by atoms with Crippen LogP contribution in [0.4, 0.5) is 0 Å². The Labute approximate surface area is 80.9 Å². The van der Waals surface area contributed by atoms with Crippen molar-refractivity contribution in [1.29, 1.82) is 5.26 Å². The first-order chi connectivity index (χ1) is 5.77. The fraction of sp³-hybridized carbons (Fsp3) is 0.900. The molecule has 76 valence electrons. The third kappa shape index (κ3) is 7.76. The normalized spacial score (nSPS) is 12.6. The van der Waals surface area contributed by atoms with Gasteiger partial charge >= 0.3 is 0 Å². The summed E-state index contributed by atoms with van der Waals surface area (Å²) in [4.78, 5) is 0. The highest BCUT2D eigenvalue weighted by Gasteiger charge is 2.17. The lowest BCUT2D eigenvalue weighted by Gasteiger charge is -2.20. The van der Waals surface area contributed by atoms with E-state index < -0.39 is 0 Å². The highest BCUT2D eigenvalue weighted by atomic mass is 16.5. The zero-order chi connectivity index (χ0) is 10.5. The Morgan fingerprint density at radius 1 is 1.31 bits per heavy atom. The van der Waals surface area contributed by atoms with Gasteiger partial charge in [0, 0.05) is 12.1 Å². The lowest BCUT2D eigenvalue weighted by atomic mass is 9.92. The predicted octanol–water partition coefficient (Wildman–Crippen LogP) is 1.68. The SMILES string of the molecule is CC(C)(N)COCCC(C)(C)C#N. The second kappa shape index (κ2) is 4.59. The summed E-state index contributed by atoms with van der Waals surface area (Å²) in [6, 6.07) is 2.23. The molecule has 0 spiro atoms. The molecule has 3 nitrogen and oxygen atoms in total. The molecule has 0 saturated heterocycles. The summed E-state index contributed by atoms with van der Waals surface area (Å²) in [5.74, 6) is 0. The van der Waals surface area contributed by atoms with E-state index in [-0.39, 0.29) is 11.0 Å². The van der Waals surface area contributed by atoms with Crippen LogP contribution < -0.4 is 5.73 Å². The van der Waals surface area contributed by atoms with E-state index in [4.69, 9.17) is 15.7 Å². The molecule has 0 aliphatic carbocycles. The molecule has 0 aromatic carbocycles. The van der Waals surface area contributed by atoms with Crippen LogP contribution in [-0.4, -0.2) is 18.8 Å². The fourth-order valence-electron chi connectivity index (χ4n) is 0.718. The molecular formula is C10H20N2O. The van der Waals surface area contributed by atoms with Crippen molar-refractivity contribution in [3.05, 3.63) is 0 Å². The minimum Gasteiger partial charge on any atom is -0.380 e. The Kier molecular flexibility index (Phi) is 4.38. The molecule has 13 heavy (non-hydrogen) atoms. The van der Waals surface area contributed by atoms with Crippen LogP contribution in [0.2, 0.25) is 0 Å². The van der Waals surface area contributed by atoms with E-state index >= 15 is 0 Å². The molecule has 0 aliphatic heterocycles. The quantitative estimate of drug-likeness (QED) is 0.661. The Morgan fingerprint density at radius 3 is 2.23 bits per heavy atom. The molecule has 0 amide bonds. The van der Waals surface area contributed by atoms with Gasteiger partial charge in [-0.1, -0.05) is 0 Å². The maximum atomic E-state index is 8.72. The second-order valence-electron chi connectivity index (χ2n) is 4.79. The van der Waals surface area contributed by atoms with E-state index in [9.17, 15) is 0 Å². The number of nitrogens with zero attached hydrogens (tertiary/aromatic N) is 1. The van der Waals surface area contributed by atoms with Crippen molar-refractivity contribution in [2.75, 3.05) is 13.2 Å². The summed E-state index contributed by atoms with van der Waals surface area (Å²) in [6.07, 6.45) is 0.750. The van der Waals surface area contributed by atoms with Gasteiger partial charge < -0.3 is 10.5 Å². The van der Waals surface area contributed by atoms with E-state index in [1.165, 1.54) is 0 Å². The zero-order valence-electron chi connectivity index (χ0n) is 9.05. The van der Waals surface area contributed by atoms with Crippen molar-refractivity contribution < 1.29 is 4.74 Å². The van der Waals surface area contributed by atoms with Crippen molar-refractivity contribution in [3.63, 3.8) is 0 Å². The minimum absolute atomic E-state index is 0.281. The smallest absolute Gasteiger partial charge is 0.0684 e. The molecule has 0 atom stereocenters. The Hall–Kier alpha value is -0.590. The lowest BCUT2D eigenvalue weighted by Crippen LogP contribution is -2.37. The van der Waals surface area contributed by atoms with Crippen LogP contribution in [-0.2, 0) is 4.74 Å². The van der Waals surface area contributed by atoms with E-state index in [2.05, 4.69) is 6.07 Å². The maximum Gasteiger partial charge on any atom is 0.0684 e. The van der Waals surface area contributed by atoms with Gasteiger partial charge in [-0.2, -0.15) is 5.26 Å². The Bertz CT molecular complexity index is 186. The van der Waals surface area contributed by atoms with E-state index in [0.717, 1.165) is 6.42 Å². The van der Waals surface area contributed by atoms with E-state index in [1.54, 1.807) is 0 Å². The van der Waals surface area contributed by atoms with Gasteiger partial charge in [-0.15, -0.1) is 0 Å². The lowest BCUT2D eigenvalue weighted by molar-refractivity contribution is 0.0828. The number of ether oxygens (including phenoxy) is 1. The second-order valence-corrected chi connectivity index (χ2v) is 4.79. The topological polar surface area (TPSA) is 59.0 Å². The van der Waals surface area contributed by atoms with Gasteiger partial charge in [0.15, 0.2) is 0 Å². The van der Waals surface area contributed by atoms with Gasteiger partial charge in [-0.05, 0) is 34.1 Å². The fourth-order valence-corrected chi connectivity index (χ4v) is 0.718. The van der Waals surface area contributed by atoms with E-state index in [1.807, 2.05) is 27.7 Å². The summed E-state index contributed by atoms with van der Waals surface area (Å²) >= 11 is 0. The average Bonchev–Trinajstić information content (AvgIpc) is 1.97. The summed E-state index contributed by atoms with van der Waals surface area (Å²) < 4.78 is 5.36. The van der Waals surface area contributed by atoms with Crippen LogP contribution in [0.3, 0.4) is 0 Å². The highest BCUT2D eigenvalue weighted by molar-refractivity contribution is 4.91. The molecule has 0 aromatic heterocycles. The summed E-state index contributed by atoms with van der Waals surface area (Å²) in [5, 5.41) is 8.72. The van der Waals surface area contributed by atoms with Gasteiger partial charge in [-0.25, -0.2) is 0 Å². The van der Waals surface area contributed by atoms with Crippen molar-refractivity contribution in [1.82, 2.24) is 0 Å². The van der Waals surface area contributed by atoms with Crippen molar-refractivity contribution >= 4 is 0 Å². The summed E-state index contributed by atoms with van der Waals surface area (Å²) in [5.41, 5.74) is 5.15. The molecule has 0 bridgehead atoms.